The van der Waals surface area contributed by atoms with E-state index in [1.807, 2.05) is 0 Å². The lowest BCUT2D eigenvalue weighted by Crippen LogP contribution is -1.99. The molecule has 0 radical (unpaired) electrons. The first-order chi connectivity index (χ1) is 3.89. The van der Waals surface area contributed by atoms with E-state index in [1.165, 1.54) is 6.42 Å². The van der Waals surface area contributed by atoms with Crippen LogP contribution in [0.1, 0.15) is 19.3 Å². The van der Waals surface area contributed by atoms with Crippen LogP contribution in [0.3, 0.4) is 0 Å². The second-order valence-electron chi connectivity index (χ2n) is 1.82. The molecule has 0 saturated carbocycles. The Morgan fingerprint density at radius 1 is 1.38 bits per heavy atom. The SMILES string of the molecule is IC1CCCCOO1. The Bertz CT molecular complexity index is 59.4. The minimum Gasteiger partial charge on any atom is -0.236 e. The molecule has 1 atom stereocenters. The monoisotopic (exact) mass is 228 g/mol. The summed E-state index contributed by atoms with van der Waals surface area (Å²) in [5.41, 5.74) is 0. The van der Waals surface area contributed by atoms with Crippen LogP contribution in [0.4, 0.5) is 0 Å². The van der Waals surface area contributed by atoms with Gasteiger partial charge in [-0.1, -0.05) is 0 Å². The van der Waals surface area contributed by atoms with Crippen molar-refractivity contribution in [2.24, 2.45) is 0 Å². The van der Waals surface area contributed by atoms with Crippen molar-refractivity contribution in [3.63, 3.8) is 0 Å². The van der Waals surface area contributed by atoms with Gasteiger partial charge in [0.25, 0.3) is 0 Å². The average Bonchev–Trinajstić information content (AvgIpc) is 1.94. The van der Waals surface area contributed by atoms with Crippen LogP contribution in [-0.2, 0) is 9.78 Å². The summed E-state index contributed by atoms with van der Waals surface area (Å²) < 4.78 is 0.273. The Hall–Kier alpha value is 0.650. The Balaban J connectivity index is 2.17. The molecule has 0 aromatic heterocycles. The smallest absolute Gasteiger partial charge is 0.144 e. The summed E-state index contributed by atoms with van der Waals surface area (Å²) in [6, 6.07) is 0. The third-order valence-electron chi connectivity index (χ3n) is 1.08. The van der Waals surface area contributed by atoms with Crippen molar-refractivity contribution in [1.29, 1.82) is 0 Å². The molecular formula is C5H9IO2. The second kappa shape index (κ2) is 3.63. The fourth-order valence-corrected chi connectivity index (χ4v) is 1.22. The van der Waals surface area contributed by atoms with Crippen LogP contribution in [0.5, 0.6) is 0 Å². The van der Waals surface area contributed by atoms with Crippen molar-refractivity contribution in [2.45, 2.75) is 23.4 Å². The normalized spacial score (nSPS) is 31.9. The van der Waals surface area contributed by atoms with Gasteiger partial charge >= 0.3 is 0 Å². The Labute approximate surface area is 62.6 Å². The molecule has 8 heavy (non-hydrogen) atoms. The third-order valence-corrected chi connectivity index (χ3v) is 1.91. The summed E-state index contributed by atoms with van der Waals surface area (Å²) in [7, 11) is 0. The number of halogens is 1. The molecule has 2 nitrogen and oxygen atoms in total. The van der Waals surface area contributed by atoms with E-state index in [-0.39, 0.29) is 4.11 Å². The van der Waals surface area contributed by atoms with E-state index in [0.29, 0.717) is 0 Å². The minimum absolute atomic E-state index is 0.273. The van der Waals surface area contributed by atoms with Gasteiger partial charge in [0.2, 0.25) is 0 Å². The first kappa shape index (κ1) is 6.77. The standard InChI is InChI=1S/C5H9IO2/c6-5-3-1-2-4-7-8-5/h5H,1-4H2. The van der Waals surface area contributed by atoms with Gasteiger partial charge in [0.15, 0.2) is 0 Å². The quantitative estimate of drug-likeness (QED) is 0.358. The first-order valence-electron chi connectivity index (χ1n) is 2.82. The van der Waals surface area contributed by atoms with Gasteiger partial charge in [-0.25, -0.2) is 9.78 Å². The lowest BCUT2D eigenvalue weighted by molar-refractivity contribution is -0.293. The summed E-state index contributed by atoms with van der Waals surface area (Å²) in [6.45, 7) is 0.763. The molecule has 0 N–H and O–H groups in total. The fourth-order valence-electron chi connectivity index (χ4n) is 0.636. The largest absolute Gasteiger partial charge is 0.236 e. The lowest BCUT2D eigenvalue weighted by Gasteiger charge is -2.01. The van der Waals surface area contributed by atoms with Crippen molar-refractivity contribution < 1.29 is 9.78 Å². The van der Waals surface area contributed by atoms with Gasteiger partial charge in [-0.2, -0.15) is 0 Å². The van der Waals surface area contributed by atoms with Gasteiger partial charge in [0.05, 0.1) is 6.61 Å². The summed E-state index contributed by atoms with van der Waals surface area (Å²) in [5, 5.41) is 0. The second-order valence-corrected chi connectivity index (χ2v) is 3.21. The number of hydrogen-bond donors (Lipinski definition) is 0. The highest BCUT2D eigenvalue weighted by Gasteiger charge is 2.07. The topological polar surface area (TPSA) is 18.5 Å². The van der Waals surface area contributed by atoms with Gasteiger partial charge in [0.1, 0.15) is 4.11 Å². The lowest BCUT2D eigenvalue weighted by atomic mass is 10.3. The van der Waals surface area contributed by atoms with Crippen LogP contribution >= 0.6 is 22.6 Å². The Morgan fingerprint density at radius 3 is 3.12 bits per heavy atom. The molecule has 0 spiro atoms. The minimum atomic E-state index is 0.273. The number of hydrogen-bond acceptors (Lipinski definition) is 2. The predicted octanol–water partition coefficient (Wildman–Crippen LogP) is 1.88. The Morgan fingerprint density at radius 2 is 2.25 bits per heavy atom. The molecule has 0 aromatic carbocycles. The maximum absolute atomic E-state index is 4.89. The Kier molecular flexibility index (Phi) is 3.07. The molecule has 1 heterocycles. The van der Waals surface area contributed by atoms with Crippen molar-refractivity contribution in [3.05, 3.63) is 0 Å². The summed E-state index contributed by atoms with van der Waals surface area (Å²) >= 11 is 2.23. The van der Waals surface area contributed by atoms with E-state index in [0.717, 1.165) is 19.4 Å². The molecule has 0 aromatic rings. The highest BCUT2D eigenvalue weighted by molar-refractivity contribution is 14.1. The molecule has 0 amide bonds. The summed E-state index contributed by atoms with van der Waals surface area (Å²) in [4.78, 5) is 9.69. The van der Waals surface area contributed by atoms with Crippen LogP contribution in [-0.4, -0.2) is 10.7 Å². The van der Waals surface area contributed by atoms with Gasteiger partial charge < -0.3 is 0 Å². The molecule has 3 heteroatoms. The molecule has 0 bridgehead atoms. The summed E-state index contributed by atoms with van der Waals surface area (Å²) in [5.74, 6) is 0. The number of rotatable bonds is 0. The average molecular weight is 228 g/mol. The van der Waals surface area contributed by atoms with E-state index in [4.69, 9.17) is 9.78 Å². The zero-order valence-electron chi connectivity index (χ0n) is 4.60. The van der Waals surface area contributed by atoms with E-state index in [9.17, 15) is 0 Å². The molecule has 1 unspecified atom stereocenters. The summed E-state index contributed by atoms with van der Waals surface area (Å²) in [6.07, 6.45) is 3.49. The zero-order chi connectivity index (χ0) is 5.82. The molecule has 1 rings (SSSR count). The van der Waals surface area contributed by atoms with Crippen molar-refractivity contribution >= 4 is 22.6 Å². The maximum Gasteiger partial charge on any atom is 0.144 e. The van der Waals surface area contributed by atoms with Gasteiger partial charge in [0, 0.05) is 0 Å². The van der Waals surface area contributed by atoms with Crippen LogP contribution in [0, 0.1) is 0 Å². The molecule has 1 aliphatic rings. The van der Waals surface area contributed by atoms with Gasteiger partial charge in [-0.3, -0.25) is 0 Å². The van der Waals surface area contributed by atoms with Crippen LogP contribution in [0.25, 0.3) is 0 Å². The third kappa shape index (κ3) is 2.28. The predicted molar refractivity (Wildman–Crippen MR) is 38.7 cm³/mol. The highest BCUT2D eigenvalue weighted by Crippen LogP contribution is 2.15. The van der Waals surface area contributed by atoms with Gasteiger partial charge in [-0.15, -0.1) is 0 Å². The molecule has 48 valence electrons. The molecular weight excluding hydrogens is 219 g/mol. The molecule has 1 saturated heterocycles. The first-order valence-corrected chi connectivity index (χ1v) is 4.06. The molecule has 1 fully saturated rings. The maximum atomic E-state index is 4.89. The highest BCUT2D eigenvalue weighted by atomic mass is 127. The fraction of sp³-hybridized carbons (Fsp3) is 1.00. The van der Waals surface area contributed by atoms with E-state index < -0.39 is 0 Å². The van der Waals surface area contributed by atoms with Crippen molar-refractivity contribution in [2.75, 3.05) is 6.61 Å². The number of alkyl halides is 1. The zero-order valence-corrected chi connectivity index (χ0v) is 6.76. The molecule has 0 aliphatic carbocycles. The van der Waals surface area contributed by atoms with Crippen molar-refractivity contribution in [1.82, 2.24) is 0 Å². The van der Waals surface area contributed by atoms with E-state index >= 15 is 0 Å². The van der Waals surface area contributed by atoms with Crippen molar-refractivity contribution in [3.8, 4) is 0 Å². The van der Waals surface area contributed by atoms with E-state index in [1.54, 1.807) is 0 Å². The van der Waals surface area contributed by atoms with Crippen LogP contribution in [0.15, 0.2) is 0 Å². The van der Waals surface area contributed by atoms with Crippen LogP contribution in [0.2, 0.25) is 0 Å². The van der Waals surface area contributed by atoms with Gasteiger partial charge in [-0.05, 0) is 41.9 Å². The van der Waals surface area contributed by atoms with Crippen LogP contribution < -0.4 is 0 Å². The molecule has 1 aliphatic heterocycles. The van der Waals surface area contributed by atoms with E-state index in [2.05, 4.69) is 22.6 Å².